The summed E-state index contributed by atoms with van der Waals surface area (Å²) in [6, 6.07) is 15.5. The number of anilines is 1. The van der Waals surface area contributed by atoms with Gasteiger partial charge in [-0.1, -0.05) is 42.5 Å². The molecule has 0 unspecified atom stereocenters. The molecule has 0 fully saturated rings. The first-order valence-electron chi connectivity index (χ1n) is 9.51. The number of nitrogens with zero attached hydrogens (tertiary/aromatic N) is 2. The fourth-order valence-corrected chi connectivity index (χ4v) is 3.47. The Balaban J connectivity index is 1.31. The molecule has 0 aliphatic heterocycles. The van der Waals surface area contributed by atoms with Gasteiger partial charge in [0.1, 0.15) is 0 Å². The van der Waals surface area contributed by atoms with Gasteiger partial charge in [0, 0.05) is 24.0 Å². The number of Topliss-reactive ketones (excluding diaryl/α,β-unsaturated/α-hetero) is 1. The summed E-state index contributed by atoms with van der Waals surface area (Å²) in [7, 11) is 0. The summed E-state index contributed by atoms with van der Waals surface area (Å²) in [5.41, 5.74) is 4.75. The number of benzene rings is 2. The Hall–Kier alpha value is -3.34. The number of hydrogen-bond acceptors (Lipinski definition) is 4. The van der Waals surface area contributed by atoms with Crippen molar-refractivity contribution in [1.82, 2.24) is 9.97 Å². The summed E-state index contributed by atoms with van der Waals surface area (Å²) in [4.78, 5) is 33.1. The number of aromatic nitrogens is 2. The molecule has 0 atom stereocenters. The maximum atomic E-state index is 12.4. The van der Waals surface area contributed by atoms with E-state index in [-0.39, 0.29) is 24.5 Å². The van der Waals surface area contributed by atoms with Crippen LogP contribution in [0, 0.1) is 0 Å². The molecule has 140 valence electrons. The number of fused-ring (bicyclic) bond motifs is 1. The maximum absolute atomic E-state index is 12.4. The van der Waals surface area contributed by atoms with Gasteiger partial charge in [-0.2, -0.15) is 0 Å². The van der Waals surface area contributed by atoms with Gasteiger partial charge < -0.3 is 5.32 Å². The van der Waals surface area contributed by atoms with Crippen molar-refractivity contribution < 1.29 is 9.59 Å². The van der Waals surface area contributed by atoms with Gasteiger partial charge in [0.25, 0.3) is 0 Å². The van der Waals surface area contributed by atoms with Crippen LogP contribution in [0.15, 0.2) is 60.9 Å². The number of rotatable bonds is 6. The van der Waals surface area contributed by atoms with Gasteiger partial charge in [-0.25, -0.2) is 9.97 Å². The second kappa shape index (κ2) is 8.13. The fraction of sp³-hybridized carbons (Fsp3) is 0.217. The van der Waals surface area contributed by atoms with E-state index in [0.29, 0.717) is 17.1 Å². The normalized spacial score (nSPS) is 12.4. The monoisotopic (exact) mass is 371 g/mol. The van der Waals surface area contributed by atoms with Gasteiger partial charge in [-0.3, -0.25) is 9.59 Å². The van der Waals surface area contributed by atoms with E-state index in [4.69, 9.17) is 0 Å². The lowest BCUT2D eigenvalue weighted by Crippen LogP contribution is -2.14. The topological polar surface area (TPSA) is 72.0 Å². The van der Waals surface area contributed by atoms with Crippen molar-refractivity contribution in [2.45, 2.75) is 32.1 Å². The Morgan fingerprint density at radius 2 is 1.64 bits per heavy atom. The van der Waals surface area contributed by atoms with Crippen LogP contribution in [0.4, 0.5) is 5.69 Å². The lowest BCUT2D eigenvalue weighted by molar-refractivity contribution is -0.116. The number of ketones is 1. The number of carbonyl (C=O) groups excluding carboxylic acids is 2. The Morgan fingerprint density at radius 1 is 0.893 bits per heavy atom. The van der Waals surface area contributed by atoms with E-state index >= 15 is 0 Å². The van der Waals surface area contributed by atoms with Crippen LogP contribution in [0.5, 0.6) is 0 Å². The van der Waals surface area contributed by atoms with Gasteiger partial charge in [-0.15, -0.1) is 0 Å². The molecule has 5 nitrogen and oxygen atoms in total. The second-order valence-corrected chi connectivity index (χ2v) is 6.97. The molecular weight excluding hydrogens is 350 g/mol. The van der Waals surface area contributed by atoms with Crippen LogP contribution in [0.25, 0.3) is 11.4 Å². The number of aryl methyl sites for hydroxylation is 2. The number of amides is 1. The Labute approximate surface area is 163 Å². The SMILES string of the molecule is O=C(CCC(=O)c1ccc2c(c1)CCC2)Nc1cnc(-c2ccccc2)nc1. The van der Waals surface area contributed by atoms with Crippen LogP contribution >= 0.6 is 0 Å². The largest absolute Gasteiger partial charge is 0.323 e. The average molecular weight is 371 g/mol. The predicted molar refractivity (Wildman–Crippen MR) is 108 cm³/mol. The van der Waals surface area contributed by atoms with Crippen LogP contribution in [0.1, 0.15) is 40.7 Å². The molecule has 0 saturated carbocycles. The molecule has 28 heavy (non-hydrogen) atoms. The standard InChI is InChI=1S/C23H21N3O2/c27-21(19-10-9-16-7-4-8-18(16)13-19)11-12-22(28)26-20-14-24-23(25-15-20)17-5-2-1-3-6-17/h1-3,5-6,9-10,13-15H,4,7-8,11-12H2,(H,26,28). The first-order chi connectivity index (χ1) is 13.7. The molecule has 5 heteroatoms. The zero-order valence-corrected chi connectivity index (χ0v) is 15.5. The molecule has 0 saturated heterocycles. The van der Waals surface area contributed by atoms with Crippen molar-refractivity contribution >= 4 is 17.4 Å². The van der Waals surface area contributed by atoms with Crippen molar-refractivity contribution in [2.75, 3.05) is 5.32 Å². The third-order valence-electron chi connectivity index (χ3n) is 4.97. The highest BCUT2D eigenvalue weighted by Gasteiger charge is 2.15. The third kappa shape index (κ3) is 4.14. The van der Waals surface area contributed by atoms with E-state index in [1.165, 1.54) is 11.1 Å². The Morgan fingerprint density at radius 3 is 2.43 bits per heavy atom. The summed E-state index contributed by atoms with van der Waals surface area (Å²) in [5.74, 6) is 0.386. The second-order valence-electron chi connectivity index (χ2n) is 6.97. The van der Waals surface area contributed by atoms with E-state index in [1.807, 2.05) is 48.5 Å². The van der Waals surface area contributed by atoms with E-state index in [0.717, 1.165) is 24.8 Å². The quantitative estimate of drug-likeness (QED) is 0.658. The minimum atomic E-state index is -0.217. The number of carbonyl (C=O) groups is 2. The highest BCUT2D eigenvalue weighted by atomic mass is 16.2. The molecule has 0 spiro atoms. The van der Waals surface area contributed by atoms with Gasteiger partial charge in [0.15, 0.2) is 11.6 Å². The minimum Gasteiger partial charge on any atom is -0.323 e. The molecule has 4 rings (SSSR count). The lowest BCUT2D eigenvalue weighted by atomic mass is 10.0. The minimum absolute atomic E-state index is 0.000487. The van der Waals surface area contributed by atoms with Crippen molar-refractivity contribution in [2.24, 2.45) is 0 Å². The van der Waals surface area contributed by atoms with Gasteiger partial charge >= 0.3 is 0 Å². The van der Waals surface area contributed by atoms with Crippen molar-refractivity contribution in [1.29, 1.82) is 0 Å². The van der Waals surface area contributed by atoms with Crippen molar-refractivity contribution in [3.05, 3.63) is 77.6 Å². The van der Waals surface area contributed by atoms with Crippen LogP contribution in [-0.2, 0) is 17.6 Å². The van der Waals surface area contributed by atoms with E-state index in [2.05, 4.69) is 15.3 Å². The number of nitrogens with one attached hydrogen (secondary N) is 1. The smallest absolute Gasteiger partial charge is 0.224 e. The van der Waals surface area contributed by atoms with E-state index in [1.54, 1.807) is 12.4 Å². The molecule has 1 N–H and O–H groups in total. The van der Waals surface area contributed by atoms with Crippen LogP contribution in [0.3, 0.4) is 0 Å². The van der Waals surface area contributed by atoms with Gasteiger partial charge in [0.2, 0.25) is 5.91 Å². The number of hydrogen-bond donors (Lipinski definition) is 1. The molecule has 3 aromatic rings. The van der Waals surface area contributed by atoms with Crippen LogP contribution in [-0.4, -0.2) is 21.7 Å². The summed E-state index contributed by atoms with van der Waals surface area (Å²) in [6.07, 6.45) is 6.77. The molecular formula is C23H21N3O2. The van der Waals surface area contributed by atoms with E-state index < -0.39 is 0 Å². The Kier molecular flexibility index (Phi) is 5.24. The first-order valence-corrected chi connectivity index (χ1v) is 9.51. The highest BCUT2D eigenvalue weighted by molar-refractivity contribution is 6.00. The molecule has 1 aliphatic carbocycles. The summed E-state index contributed by atoms with van der Waals surface area (Å²) in [5, 5.41) is 2.75. The van der Waals surface area contributed by atoms with Crippen molar-refractivity contribution in [3.63, 3.8) is 0 Å². The summed E-state index contributed by atoms with van der Waals surface area (Å²) < 4.78 is 0. The van der Waals surface area contributed by atoms with Gasteiger partial charge in [-0.05, 0) is 36.5 Å². The lowest BCUT2D eigenvalue weighted by Gasteiger charge is -2.06. The average Bonchev–Trinajstić information content (AvgIpc) is 3.21. The molecule has 0 bridgehead atoms. The third-order valence-corrected chi connectivity index (χ3v) is 4.97. The summed E-state index contributed by atoms with van der Waals surface area (Å²) in [6.45, 7) is 0. The van der Waals surface area contributed by atoms with Crippen molar-refractivity contribution in [3.8, 4) is 11.4 Å². The summed E-state index contributed by atoms with van der Waals surface area (Å²) >= 11 is 0. The predicted octanol–water partition coefficient (Wildman–Crippen LogP) is 4.23. The van der Waals surface area contributed by atoms with Crippen LogP contribution < -0.4 is 5.32 Å². The molecule has 2 aromatic carbocycles. The molecule has 1 aliphatic rings. The molecule has 1 amide bonds. The van der Waals surface area contributed by atoms with E-state index in [9.17, 15) is 9.59 Å². The zero-order chi connectivity index (χ0) is 19.3. The first kappa shape index (κ1) is 18.0. The molecule has 1 aromatic heterocycles. The zero-order valence-electron chi connectivity index (χ0n) is 15.5. The maximum Gasteiger partial charge on any atom is 0.224 e. The molecule has 0 radical (unpaired) electrons. The molecule has 1 heterocycles. The fourth-order valence-electron chi connectivity index (χ4n) is 3.47. The Bertz CT molecular complexity index is 998. The van der Waals surface area contributed by atoms with Gasteiger partial charge in [0.05, 0.1) is 18.1 Å². The highest BCUT2D eigenvalue weighted by Crippen LogP contribution is 2.23. The van der Waals surface area contributed by atoms with Crippen LogP contribution in [0.2, 0.25) is 0 Å².